The van der Waals surface area contributed by atoms with Crippen LogP contribution in [-0.4, -0.2) is 37.0 Å². The maximum atomic E-state index is 12.9. The Morgan fingerprint density at radius 2 is 1.78 bits per heavy atom. The van der Waals surface area contributed by atoms with Crippen LogP contribution in [0.15, 0.2) is 47.4 Å². The van der Waals surface area contributed by atoms with Gasteiger partial charge in [0, 0.05) is 23.5 Å². The second kappa shape index (κ2) is 9.00. The van der Waals surface area contributed by atoms with Crippen molar-refractivity contribution in [2.75, 3.05) is 20.2 Å². The fraction of sp³-hybridized carbons (Fsp3) is 0.364. The Hall–Kier alpha value is -2.40. The lowest BCUT2D eigenvalue weighted by atomic mass is 9.95. The number of amides is 1. The van der Waals surface area contributed by atoms with E-state index in [2.05, 4.69) is 0 Å². The molecule has 1 aromatic heterocycles. The van der Waals surface area contributed by atoms with Crippen LogP contribution in [0.2, 0.25) is 0 Å². The molecular weight excluding hydrogens is 358 g/mol. The van der Waals surface area contributed by atoms with E-state index in [4.69, 9.17) is 4.74 Å². The zero-order chi connectivity index (χ0) is 19.2. The smallest absolute Gasteiger partial charge is 0.334 e. The van der Waals surface area contributed by atoms with Gasteiger partial charge in [-0.15, -0.1) is 11.3 Å². The van der Waals surface area contributed by atoms with Crippen molar-refractivity contribution >= 4 is 28.8 Å². The van der Waals surface area contributed by atoms with Gasteiger partial charge in [0.15, 0.2) is 0 Å². The van der Waals surface area contributed by atoms with Gasteiger partial charge in [-0.1, -0.05) is 35.9 Å². The number of hydrogen-bond acceptors (Lipinski definition) is 4. The highest BCUT2D eigenvalue weighted by Crippen LogP contribution is 2.33. The third-order valence-corrected chi connectivity index (χ3v) is 5.77. The quantitative estimate of drug-likeness (QED) is 0.567. The van der Waals surface area contributed by atoms with E-state index in [1.807, 2.05) is 53.6 Å². The summed E-state index contributed by atoms with van der Waals surface area (Å²) >= 11 is 1.56. The summed E-state index contributed by atoms with van der Waals surface area (Å²) in [5.41, 5.74) is 3.30. The largest absolute Gasteiger partial charge is 0.466 e. The van der Waals surface area contributed by atoms with Crippen LogP contribution < -0.4 is 0 Å². The topological polar surface area (TPSA) is 46.6 Å². The van der Waals surface area contributed by atoms with Gasteiger partial charge in [-0.2, -0.15) is 0 Å². The molecule has 142 valence electrons. The molecule has 0 bridgehead atoms. The predicted octanol–water partition coefficient (Wildman–Crippen LogP) is 4.43. The van der Waals surface area contributed by atoms with Crippen molar-refractivity contribution in [1.29, 1.82) is 0 Å². The molecule has 0 spiro atoms. The van der Waals surface area contributed by atoms with Gasteiger partial charge in [0.2, 0.25) is 5.91 Å². The maximum Gasteiger partial charge on any atom is 0.334 e. The Morgan fingerprint density at radius 3 is 2.37 bits per heavy atom. The fourth-order valence-corrected chi connectivity index (χ4v) is 4.22. The van der Waals surface area contributed by atoms with Crippen LogP contribution in [0.1, 0.15) is 41.7 Å². The summed E-state index contributed by atoms with van der Waals surface area (Å²) in [7, 11) is 1.37. The molecule has 0 radical (unpaired) electrons. The van der Waals surface area contributed by atoms with Crippen LogP contribution in [0.3, 0.4) is 0 Å². The number of ether oxygens (including phenoxy) is 1. The highest BCUT2D eigenvalue weighted by molar-refractivity contribution is 7.11. The summed E-state index contributed by atoms with van der Waals surface area (Å²) in [6.45, 7) is 3.57. The first-order valence-corrected chi connectivity index (χ1v) is 10.2. The van der Waals surface area contributed by atoms with Gasteiger partial charge < -0.3 is 9.64 Å². The molecule has 0 unspecified atom stereocenters. The highest BCUT2D eigenvalue weighted by Gasteiger charge is 2.25. The van der Waals surface area contributed by atoms with Gasteiger partial charge >= 0.3 is 5.97 Å². The second-order valence-electron chi connectivity index (χ2n) is 6.81. The molecule has 0 atom stereocenters. The summed E-state index contributed by atoms with van der Waals surface area (Å²) in [4.78, 5) is 28.4. The summed E-state index contributed by atoms with van der Waals surface area (Å²) < 4.78 is 5.06. The molecule has 0 N–H and O–H groups in total. The molecule has 1 aliphatic rings. The van der Waals surface area contributed by atoms with Gasteiger partial charge in [0.25, 0.3) is 0 Å². The van der Waals surface area contributed by atoms with Crippen molar-refractivity contribution in [3.8, 4) is 0 Å². The standard InChI is InChI=1S/C22H25NO3S/c1-16-8-10-17(11-9-16)21(19-7-6-14-27-19)18(22(25)26-2)15-20(24)23-12-4-3-5-13-23/h6-11,14H,3-5,12-13,15H2,1-2H3/b21-18+. The average molecular weight is 384 g/mol. The summed E-state index contributed by atoms with van der Waals surface area (Å²) in [5.74, 6) is -0.444. The van der Waals surface area contributed by atoms with E-state index in [0.717, 1.165) is 53.9 Å². The second-order valence-corrected chi connectivity index (χ2v) is 7.75. The average Bonchev–Trinajstić information content (AvgIpc) is 3.23. The number of esters is 1. The SMILES string of the molecule is COC(=O)/C(CC(=O)N1CCCCC1)=C(\c1ccc(C)cc1)c1cccs1. The Bertz CT molecular complexity index is 816. The first-order chi connectivity index (χ1) is 13.1. The molecule has 5 heteroatoms. The van der Waals surface area contributed by atoms with E-state index < -0.39 is 5.97 Å². The highest BCUT2D eigenvalue weighted by atomic mass is 32.1. The van der Waals surface area contributed by atoms with E-state index in [1.165, 1.54) is 7.11 Å². The molecule has 3 rings (SSSR count). The zero-order valence-corrected chi connectivity index (χ0v) is 16.7. The van der Waals surface area contributed by atoms with Crippen molar-refractivity contribution in [2.45, 2.75) is 32.6 Å². The molecule has 2 heterocycles. The Morgan fingerprint density at radius 1 is 1.07 bits per heavy atom. The normalized spacial score (nSPS) is 15.3. The third kappa shape index (κ3) is 4.66. The maximum absolute atomic E-state index is 12.9. The summed E-state index contributed by atoms with van der Waals surface area (Å²) in [6.07, 6.45) is 3.28. The number of nitrogens with zero attached hydrogens (tertiary/aromatic N) is 1. The van der Waals surface area contributed by atoms with Crippen LogP contribution in [-0.2, 0) is 14.3 Å². The number of methoxy groups -OCH3 is 1. The molecule has 4 nitrogen and oxygen atoms in total. The summed E-state index contributed by atoms with van der Waals surface area (Å²) in [6, 6.07) is 12.0. The first kappa shape index (κ1) is 19.4. The van der Waals surface area contributed by atoms with E-state index in [9.17, 15) is 9.59 Å². The first-order valence-electron chi connectivity index (χ1n) is 9.30. The zero-order valence-electron chi connectivity index (χ0n) is 15.9. The number of carbonyl (C=O) groups excluding carboxylic acids is 2. The Labute approximate surface area is 164 Å². The predicted molar refractivity (Wildman–Crippen MR) is 109 cm³/mol. The van der Waals surface area contributed by atoms with Gasteiger partial charge in [-0.25, -0.2) is 4.79 Å². The number of likely N-dealkylation sites (tertiary alicyclic amines) is 1. The van der Waals surface area contributed by atoms with Crippen molar-refractivity contribution in [2.24, 2.45) is 0 Å². The number of rotatable bonds is 5. The monoisotopic (exact) mass is 383 g/mol. The number of thiophene rings is 1. The molecule has 1 saturated heterocycles. The molecular formula is C22H25NO3S. The Balaban J connectivity index is 2.05. The van der Waals surface area contributed by atoms with Crippen molar-refractivity contribution in [3.63, 3.8) is 0 Å². The van der Waals surface area contributed by atoms with Gasteiger partial charge in [0.05, 0.1) is 19.1 Å². The van der Waals surface area contributed by atoms with E-state index in [-0.39, 0.29) is 12.3 Å². The van der Waals surface area contributed by atoms with Crippen LogP contribution >= 0.6 is 11.3 Å². The summed E-state index contributed by atoms with van der Waals surface area (Å²) in [5, 5.41) is 1.98. The van der Waals surface area contributed by atoms with Gasteiger partial charge in [-0.3, -0.25) is 4.79 Å². The van der Waals surface area contributed by atoms with Crippen molar-refractivity contribution in [1.82, 2.24) is 4.90 Å². The van der Waals surface area contributed by atoms with Crippen molar-refractivity contribution in [3.05, 3.63) is 63.4 Å². The molecule has 1 aliphatic heterocycles. The third-order valence-electron chi connectivity index (χ3n) is 4.88. The molecule has 1 fully saturated rings. The van der Waals surface area contributed by atoms with Crippen LogP contribution in [0, 0.1) is 6.92 Å². The number of aryl methyl sites for hydroxylation is 1. The molecule has 1 amide bonds. The molecule has 2 aromatic rings. The lowest BCUT2D eigenvalue weighted by Crippen LogP contribution is -2.36. The fourth-order valence-electron chi connectivity index (χ4n) is 3.40. The van der Waals surface area contributed by atoms with Crippen LogP contribution in [0.4, 0.5) is 0 Å². The van der Waals surface area contributed by atoms with Crippen LogP contribution in [0.25, 0.3) is 5.57 Å². The number of benzene rings is 1. The van der Waals surface area contributed by atoms with Crippen molar-refractivity contribution < 1.29 is 14.3 Å². The minimum atomic E-state index is -0.440. The lowest BCUT2D eigenvalue weighted by molar-refractivity contribution is -0.138. The molecule has 1 aromatic carbocycles. The molecule has 0 aliphatic carbocycles. The number of carbonyl (C=O) groups is 2. The Kier molecular flexibility index (Phi) is 6.45. The number of piperidine rings is 1. The van der Waals surface area contributed by atoms with E-state index >= 15 is 0 Å². The van der Waals surface area contributed by atoms with E-state index in [1.54, 1.807) is 11.3 Å². The minimum Gasteiger partial charge on any atom is -0.466 e. The van der Waals surface area contributed by atoms with Crippen LogP contribution in [0.5, 0.6) is 0 Å². The van der Waals surface area contributed by atoms with Gasteiger partial charge in [-0.05, 0) is 43.2 Å². The molecule has 27 heavy (non-hydrogen) atoms. The van der Waals surface area contributed by atoms with Gasteiger partial charge in [0.1, 0.15) is 0 Å². The van der Waals surface area contributed by atoms with E-state index in [0.29, 0.717) is 5.57 Å². The minimum absolute atomic E-state index is 0.00346. The number of hydrogen-bond donors (Lipinski definition) is 0. The molecule has 0 saturated carbocycles. The lowest BCUT2D eigenvalue weighted by Gasteiger charge is -2.27.